The molecule has 0 aromatic heterocycles. The lowest BCUT2D eigenvalue weighted by Crippen LogP contribution is -2.36. The highest BCUT2D eigenvalue weighted by molar-refractivity contribution is 5.79. The lowest BCUT2D eigenvalue weighted by molar-refractivity contribution is -0.135. The summed E-state index contributed by atoms with van der Waals surface area (Å²) >= 11 is 0. The number of hydrogen-bond acceptors (Lipinski definition) is 1. The Kier molecular flexibility index (Phi) is 13.3. The Bertz CT molecular complexity index is 280. The van der Waals surface area contributed by atoms with Crippen LogP contribution in [0, 0.1) is 5.92 Å². The van der Waals surface area contributed by atoms with Crippen LogP contribution in [0.25, 0.3) is 0 Å². The molecule has 0 aromatic carbocycles. The van der Waals surface area contributed by atoms with E-state index in [1.54, 1.807) is 0 Å². The van der Waals surface area contributed by atoms with Crippen molar-refractivity contribution in [1.29, 1.82) is 0 Å². The van der Waals surface area contributed by atoms with Crippen LogP contribution in [-0.2, 0) is 4.79 Å². The van der Waals surface area contributed by atoms with Crippen molar-refractivity contribution in [2.75, 3.05) is 13.1 Å². The Morgan fingerprint density at radius 1 is 0.708 bits per heavy atom. The van der Waals surface area contributed by atoms with E-state index in [2.05, 4.69) is 18.7 Å². The Morgan fingerprint density at radius 2 is 1.12 bits per heavy atom. The summed E-state index contributed by atoms with van der Waals surface area (Å²) < 4.78 is 0. The van der Waals surface area contributed by atoms with Gasteiger partial charge in [0, 0.05) is 19.0 Å². The van der Waals surface area contributed by atoms with Crippen LogP contribution in [0.5, 0.6) is 0 Å². The van der Waals surface area contributed by atoms with Crippen molar-refractivity contribution < 1.29 is 4.79 Å². The van der Waals surface area contributed by atoms with Crippen LogP contribution in [0.2, 0.25) is 0 Å². The number of carbonyl (C=O) groups is 1. The summed E-state index contributed by atoms with van der Waals surface area (Å²) in [6.07, 6.45) is 20.6. The van der Waals surface area contributed by atoms with Gasteiger partial charge in [-0.05, 0) is 25.7 Å². The second-order valence-corrected chi connectivity index (χ2v) is 7.84. The first-order valence-corrected chi connectivity index (χ1v) is 11.1. The fraction of sp³-hybridized carbons (Fsp3) is 0.955. The molecule has 0 bridgehead atoms. The first-order valence-electron chi connectivity index (χ1n) is 11.1. The molecule has 1 amide bonds. The molecule has 2 nitrogen and oxygen atoms in total. The van der Waals surface area contributed by atoms with Gasteiger partial charge in [0.1, 0.15) is 0 Å². The monoisotopic (exact) mass is 337 g/mol. The zero-order chi connectivity index (χ0) is 17.5. The molecule has 1 aliphatic carbocycles. The summed E-state index contributed by atoms with van der Waals surface area (Å²) in [6, 6.07) is 0. The molecule has 1 fully saturated rings. The van der Waals surface area contributed by atoms with E-state index in [1.807, 2.05) is 0 Å². The van der Waals surface area contributed by atoms with Gasteiger partial charge in [-0.25, -0.2) is 0 Å². The molecule has 0 saturated heterocycles. The Morgan fingerprint density at radius 3 is 1.58 bits per heavy atom. The van der Waals surface area contributed by atoms with Gasteiger partial charge in [0.15, 0.2) is 0 Å². The van der Waals surface area contributed by atoms with E-state index in [-0.39, 0.29) is 0 Å². The van der Waals surface area contributed by atoms with Crippen LogP contribution >= 0.6 is 0 Å². The third-order valence-corrected chi connectivity index (χ3v) is 5.58. The summed E-state index contributed by atoms with van der Waals surface area (Å²) in [5.74, 6) is 0.833. The molecule has 0 heterocycles. The predicted octanol–water partition coefficient (Wildman–Crippen LogP) is 6.73. The molecule has 0 aliphatic heterocycles. The molecule has 1 rings (SSSR count). The largest absolute Gasteiger partial charge is 0.342 e. The highest BCUT2D eigenvalue weighted by atomic mass is 16.2. The standard InChI is InChI=1S/C22H43NO/c1-3-5-7-9-11-15-19-23(20-16-12-10-8-6-4-2)22(24)21-17-13-14-18-21/h21H,3-20H2,1-2H3. The number of unbranched alkanes of at least 4 members (excludes halogenated alkanes) is 10. The lowest BCUT2D eigenvalue weighted by atomic mass is 10.0. The summed E-state index contributed by atoms with van der Waals surface area (Å²) in [6.45, 7) is 6.55. The molecule has 24 heavy (non-hydrogen) atoms. The van der Waals surface area contributed by atoms with Gasteiger partial charge in [-0.15, -0.1) is 0 Å². The van der Waals surface area contributed by atoms with Crippen LogP contribution in [0.1, 0.15) is 117 Å². The number of amides is 1. The second-order valence-electron chi connectivity index (χ2n) is 7.84. The van der Waals surface area contributed by atoms with Gasteiger partial charge in [0.25, 0.3) is 0 Å². The molecule has 0 aromatic rings. The minimum absolute atomic E-state index is 0.352. The maximum Gasteiger partial charge on any atom is 0.225 e. The van der Waals surface area contributed by atoms with Crippen molar-refractivity contribution >= 4 is 5.91 Å². The highest BCUT2D eigenvalue weighted by Crippen LogP contribution is 2.27. The molecule has 1 aliphatic rings. The topological polar surface area (TPSA) is 20.3 Å². The molecule has 0 radical (unpaired) electrons. The molecule has 1 saturated carbocycles. The molecule has 0 N–H and O–H groups in total. The average Bonchev–Trinajstić information content (AvgIpc) is 3.13. The van der Waals surface area contributed by atoms with E-state index in [4.69, 9.17) is 0 Å². The van der Waals surface area contributed by atoms with Crippen LogP contribution in [0.15, 0.2) is 0 Å². The summed E-state index contributed by atoms with van der Waals surface area (Å²) in [5, 5.41) is 0. The second kappa shape index (κ2) is 14.8. The fourth-order valence-corrected chi connectivity index (χ4v) is 3.93. The normalized spacial score (nSPS) is 15.1. The van der Waals surface area contributed by atoms with Gasteiger partial charge in [0.2, 0.25) is 5.91 Å². The van der Waals surface area contributed by atoms with Crippen molar-refractivity contribution in [2.24, 2.45) is 5.92 Å². The van der Waals surface area contributed by atoms with Crippen molar-refractivity contribution in [1.82, 2.24) is 4.90 Å². The smallest absolute Gasteiger partial charge is 0.225 e. The molecule has 2 heteroatoms. The molecular formula is C22H43NO. The molecule has 0 unspecified atom stereocenters. The van der Waals surface area contributed by atoms with E-state index in [9.17, 15) is 4.79 Å². The van der Waals surface area contributed by atoms with Gasteiger partial charge >= 0.3 is 0 Å². The van der Waals surface area contributed by atoms with E-state index < -0.39 is 0 Å². The van der Waals surface area contributed by atoms with Gasteiger partial charge in [-0.1, -0.05) is 90.9 Å². The maximum absolute atomic E-state index is 12.8. The molecular weight excluding hydrogens is 294 g/mol. The van der Waals surface area contributed by atoms with Gasteiger partial charge < -0.3 is 4.90 Å². The van der Waals surface area contributed by atoms with Crippen molar-refractivity contribution in [3.8, 4) is 0 Å². The van der Waals surface area contributed by atoms with Gasteiger partial charge in [-0.3, -0.25) is 4.79 Å². The Balaban J connectivity index is 2.25. The first-order chi connectivity index (χ1) is 11.8. The highest BCUT2D eigenvalue weighted by Gasteiger charge is 2.26. The fourth-order valence-electron chi connectivity index (χ4n) is 3.93. The molecule has 0 atom stereocenters. The van der Waals surface area contributed by atoms with E-state index in [0.717, 1.165) is 25.9 Å². The summed E-state index contributed by atoms with van der Waals surface area (Å²) in [4.78, 5) is 15.0. The van der Waals surface area contributed by atoms with Gasteiger partial charge in [-0.2, -0.15) is 0 Å². The Hall–Kier alpha value is -0.530. The minimum atomic E-state index is 0.352. The zero-order valence-corrected chi connectivity index (χ0v) is 16.7. The van der Waals surface area contributed by atoms with Crippen molar-refractivity contribution in [2.45, 2.75) is 117 Å². The van der Waals surface area contributed by atoms with E-state index >= 15 is 0 Å². The van der Waals surface area contributed by atoms with Crippen molar-refractivity contribution in [3.05, 3.63) is 0 Å². The van der Waals surface area contributed by atoms with E-state index in [0.29, 0.717) is 11.8 Å². The summed E-state index contributed by atoms with van der Waals surface area (Å²) in [5.41, 5.74) is 0. The van der Waals surface area contributed by atoms with Crippen LogP contribution < -0.4 is 0 Å². The number of hydrogen-bond donors (Lipinski definition) is 0. The van der Waals surface area contributed by atoms with Crippen LogP contribution in [0.3, 0.4) is 0 Å². The van der Waals surface area contributed by atoms with E-state index in [1.165, 1.54) is 89.9 Å². The molecule has 0 spiro atoms. The summed E-state index contributed by atoms with van der Waals surface area (Å²) in [7, 11) is 0. The Labute approximate surface area is 151 Å². The minimum Gasteiger partial charge on any atom is -0.342 e. The quantitative estimate of drug-likeness (QED) is 0.303. The zero-order valence-electron chi connectivity index (χ0n) is 16.7. The lowest BCUT2D eigenvalue weighted by Gasteiger charge is -2.26. The maximum atomic E-state index is 12.8. The van der Waals surface area contributed by atoms with Crippen LogP contribution in [-0.4, -0.2) is 23.9 Å². The predicted molar refractivity (Wildman–Crippen MR) is 105 cm³/mol. The van der Waals surface area contributed by atoms with Crippen LogP contribution in [0.4, 0.5) is 0 Å². The first kappa shape index (κ1) is 21.5. The third-order valence-electron chi connectivity index (χ3n) is 5.58. The van der Waals surface area contributed by atoms with Gasteiger partial charge in [0.05, 0.1) is 0 Å². The van der Waals surface area contributed by atoms with Crippen molar-refractivity contribution in [3.63, 3.8) is 0 Å². The number of rotatable bonds is 15. The number of nitrogens with zero attached hydrogens (tertiary/aromatic N) is 1. The third kappa shape index (κ3) is 9.69. The average molecular weight is 338 g/mol. The molecule has 142 valence electrons. The SMILES string of the molecule is CCCCCCCCN(CCCCCCCC)C(=O)C1CCCC1. The number of carbonyl (C=O) groups excluding carboxylic acids is 1.